The summed E-state index contributed by atoms with van der Waals surface area (Å²) in [5.74, 6) is 0. The maximum atomic E-state index is 8.82. The smallest absolute Gasteiger partial charge is 0.353 e. The highest BCUT2D eigenvalue weighted by molar-refractivity contribution is 7.79. The first kappa shape index (κ1) is 8.74. The molecule has 1 heterocycles. The molecule has 0 amide bonds. The van der Waals surface area contributed by atoms with Crippen molar-refractivity contribution in [3.8, 4) is 0 Å². The van der Waals surface area contributed by atoms with E-state index in [2.05, 4.69) is 6.92 Å². The van der Waals surface area contributed by atoms with Gasteiger partial charge < -0.3 is 14.6 Å². The molecule has 1 saturated heterocycles. The third-order valence-corrected chi connectivity index (χ3v) is 1.86. The summed E-state index contributed by atoms with van der Waals surface area (Å²) < 4.78 is 10.2. The summed E-state index contributed by atoms with van der Waals surface area (Å²) in [6.07, 6.45) is 1.60. The van der Waals surface area contributed by atoms with Crippen LogP contribution in [0.5, 0.6) is 0 Å². The quantitative estimate of drug-likeness (QED) is 0.647. The molecule has 64 valence electrons. The van der Waals surface area contributed by atoms with E-state index in [0.29, 0.717) is 0 Å². The van der Waals surface area contributed by atoms with Crippen molar-refractivity contribution in [3.05, 3.63) is 0 Å². The molecule has 2 unspecified atom stereocenters. The Balaban J connectivity index is 2.43. The van der Waals surface area contributed by atoms with Crippen molar-refractivity contribution in [2.45, 2.75) is 32.0 Å². The first-order valence-electron chi connectivity index (χ1n) is 3.76. The fourth-order valence-electron chi connectivity index (χ4n) is 1.11. The topological polar surface area (TPSA) is 38.7 Å². The van der Waals surface area contributed by atoms with Gasteiger partial charge in [0.2, 0.25) is 0 Å². The second-order valence-corrected chi connectivity index (χ2v) is 2.87. The van der Waals surface area contributed by atoms with Gasteiger partial charge in [0.15, 0.2) is 6.10 Å². The van der Waals surface area contributed by atoms with Crippen molar-refractivity contribution >= 4 is 17.5 Å². The van der Waals surface area contributed by atoms with Gasteiger partial charge in [-0.25, -0.2) is 0 Å². The van der Waals surface area contributed by atoms with Crippen LogP contribution in [0.15, 0.2) is 0 Å². The SMILES string of the molecule is CCCC1OC(=S)OC1CO. The molecule has 1 N–H and O–H groups in total. The molecule has 0 aromatic carbocycles. The normalized spacial score (nSPS) is 29.8. The van der Waals surface area contributed by atoms with E-state index in [1.807, 2.05) is 0 Å². The fourth-order valence-corrected chi connectivity index (χ4v) is 1.36. The van der Waals surface area contributed by atoms with Crippen molar-refractivity contribution in [2.24, 2.45) is 0 Å². The fraction of sp³-hybridized carbons (Fsp3) is 0.857. The minimum absolute atomic E-state index is 0.0230. The molecule has 4 heteroatoms. The Morgan fingerprint density at radius 1 is 1.45 bits per heavy atom. The van der Waals surface area contributed by atoms with E-state index >= 15 is 0 Å². The molecule has 0 saturated carbocycles. The van der Waals surface area contributed by atoms with Crippen LogP contribution < -0.4 is 0 Å². The first-order valence-corrected chi connectivity index (χ1v) is 4.17. The van der Waals surface area contributed by atoms with Gasteiger partial charge in [-0.1, -0.05) is 13.3 Å². The van der Waals surface area contributed by atoms with Crippen LogP contribution in [0.25, 0.3) is 0 Å². The zero-order chi connectivity index (χ0) is 8.27. The van der Waals surface area contributed by atoms with Gasteiger partial charge in [0.1, 0.15) is 6.10 Å². The van der Waals surface area contributed by atoms with E-state index < -0.39 is 0 Å². The molecular formula is C7H12O3S. The second kappa shape index (κ2) is 3.88. The number of hydrogen-bond donors (Lipinski definition) is 1. The molecule has 0 spiro atoms. The van der Waals surface area contributed by atoms with Crippen LogP contribution in [-0.4, -0.2) is 29.2 Å². The Labute approximate surface area is 71.3 Å². The molecule has 2 atom stereocenters. The average molecular weight is 176 g/mol. The van der Waals surface area contributed by atoms with Crippen molar-refractivity contribution in [3.63, 3.8) is 0 Å². The molecule has 0 aromatic heterocycles. The van der Waals surface area contributed by atoms with Crippen molar-refractivity contribution in [1.29, 1.82) is 0 Å². The second-order valence-electron chi connectivity index (χ2n) is 2.53. The Morgan fingerprint density at radius 2 is 2.09 bits per heavy atom. The highest BCUT2D eigenvalue weighted by Gasteiger charge is 2.32. The molecule has 0 radical (unpaired) electrons. The number of ether oxygens (including phenoxy) is 2. The molecule has 0 bridgehead atoms. The summed E-state index contributed by atoms with van der Waals surface area (Å²) in [5.41, 5.74) is 0. The monoisotopic (exact) mass is 176 g/mol. The molecule has 0 aliphatic carbocycles. The van der Waals surface area contributed by atoms with Crippen LogP contribution in [0.1, 0.15) is 19.8 Å². The molecule has 1 aliphatic heterocycles. The van der Waals surface area contributed by atoms with Crippen molar-refractivity contribution in [2.75, 3.05) is 6.61 Å². The predicted octanol–water partition coefficient (Wildman–Crippen LogP) is 0.848. The summed E-state index contributed by atoms with van der Waals surface area (Å²) >= 11 is 4.70. The van der Waals surface area contributed by atoms with E-state index in [0.717, 1.165) is 12.8 Å². The molecule has 11 heavy (non-hydrogen) atoms. The lowest BCUT2D eigenvalue weighted by Gasteiger charge is -2.11. The number of thiocarbonyl (C=S) groups is 1. The van der Waals surface area contributed by atoms with Gasteiger partial charge >= 0.3 is 5.24 Å². The maximum Gasteiger partial charge on any atom is 0.353 e. The van der Waals surface area contributed by atoms with Crippen LogP contribution in [0.4, 0.5) is 0 Å². The largest absolute Gasteiger partial charge is 0.450 e. The number of hydrogen-bond acceptors (Lipinski definition) is 4. The summed E-state index contributed by atoms with van der Waals surface area (Å²) in [6, 6.07) is 0. The lowest BCUT2D eigenvalue weighted by molar-refractivity contribution is 0.0839. The van der Waals surface area contributed by atoms with E-state index in [4.69, 9.17) is 26.8 Å². The van der Waals surface area contributed by atoms with Gasteiger partial charge in [-0.05, 0) is 6.42 Å². The zero-order valence-corrected chi connectivity index (χ0v) is 7.26. The van der Waals surface area contributed by atoms with Crippen LogP contribution in [0.2, 0.25) is 0 Å². The molecular weight excluding hydrogens is 164 g/mol. The standard InChI is InChI=1S/C7H12O3S/c1-2-3-5-6(4-8)10-7(11)9-5/h5-6,8H,2-4H2,1H3. The first-order chi connectivity index (χ1) is 5.27. The van der Waals surface area contributed by atoms with Gasteiger partial charge in [-0.2, -0.15) is 0 Å². The zero-order valence-electron chi connectivity index (χ0n) is 6.45. The van der Waals surface area contributed by atoms with Crippen LogP contribution >= 0.6 is 12.2 Å². The highest BCUT2D eigenvalue weighted by Crippen LogP contribution is 2.18. The minimum atomic E-state index is -0.248. The Hall–Kier alpha value is -0.350. The van der Waals surface area contributed by atoms with Gasteiger partial charge in [-0.3, -0.25) is 0 Å². The third-order valence-electron chi connectivity index (χ3n) is 1.66. The summed E-state index contributed by atoms with van der Waals surface area (Å²) in [4.78, 5) is 0. The van der Waals surface area contributed by atoms with E-state index in [1.165, 1.54) is 0 Å². The number of aliphatic hydroxyl groups excluding tert-OH is 1. The lowest BCUT2D eigenvalue weighted by Crippen LogP contribution is -2.25. The van der Waals surface area contributed by atoms with Gasteiger partial charge in [0.05, 0.1) is 6.61 Å². The van der Waals surface area contributed by atoms with Crippen LogP contribution in [0.3, 0.4) is 0 Å². The Kier molecular flexibility index (Phi) is 3.08. The molecule has 0 aromatic rings. The molecule has 1 fully saturated rings. The number of aliphatic hydroxyl groups is 1. The molecule has 1 rings (SSSR count). The maximum absolute atomic E-state index is 8.82. The average Bonchev–Trinajstić information content (AvgIpc) is 2.32. The van der Waals surface area contributed by atoms with Crippen molar-refractivity contribution < 1.29 is 14.6 Å². The minimum Gasteiger partial charge on any atom is -0.450 e. The lowest BCUT2D eigenvalue weighted by atomic mass is 10.1. The van der Waals surface area contributed by atoms with Crippen molar-refractivity contribution in [1.82, 2.24) is 0 Å². The molecule has 1 aliphatic rings. The van der Waals surface area contributed by atoms with Gasteiger partial charge in [0.25, 0.3) is 0 Å². The molecule has 3 nitrogen and oxygen atoms in total. The Bertz CT molecular complexity index is 149. The van der Waals surface area contributed by atoms with Crippen LogP contribution in [0, 0.1) is 0 Å². The van der Waals surface area contributed by atoms with Gasteiger partial charge in [-0.15, -0.1) is 0 Å². The van der Waals surface area contributed by atoms with E-state index in [1.54, 1.807) is 0 Å². The Morgan fingerprint density at radius 3 is 2.64 bits per heavy atom. The summed E-state index contributed by atoms with van der Waals surface area (Å²) in [6.45, 7) is 2.03. The number of rotatable bonds is 3. The highest BCUT2D eigenvalue weighted by atomic mass is 32.1. The summed E-state index contributed by atoms with van der Waals surface area (Å²) in [7, 11) is 0. The predicted molar refractivity (Wildman–Crippen MR) is 44.3 cm³/mol. The van der Waals surface area contributed by atoms with Gasteiger partial charge in [0, 0.05) is 12.2 Å². The van der Waals surface area contributed by atoms with Crippen LogP contribution in [-0.2, 0) is 9.47 Å². The summed E-state index contributed by atoms with van der Waals surface area (Å²) in [5, 5.41) is 8.99. The van der Waals surface area contributed by atoms with E-state index in [-0.39, 0.29) is 24.1 Å². The third kappa shape index (κ3) is 2.04. The van der Waals surface area contributed by atoms with E-state index in [9.17, 15) is 0 Å².